The maximum atomic E-state index is 13.1. The Morgan fingerprint density at radius 2 is 1.00 bits per heavy atom. The number of hydrogen-bond donors (Lipinski definition) is 2. The zero-order valence-corrected chi connectivity index (χ0v) is 26.0. The van der Waals surface area contributed by atoms with Gasteiger partial charge in [-0.2, -0.15) is 0 Å². The second-order valence-corrected chi connectivity index (χ2v) is 12.9. The van der Waals surface area contributed by atoms with Crippen LogP contribution in [-0.4, -0.2) is 80.1 Å². The summed E-state index contributed by atoms with van der Waals surface area (Å²) in [5.74, 6) is 1.89. The number of rotatable bonds is 7. The Hall–Kier alpha value is -4.28. The number of carbonyl (C=O) groups is 2. The Morgan fingerprint density at radius 3 is 1.39 bits per heavy atom. The van der Waals surface area contributed by atoms with Gasteiger partial charge in [0, 0.05) is 26.3 Å². The molecule has 0 bridgehead atoms. The molecule has 4 aromatic rings. The van der Waals surface area contributed by atoms with Crippen molar-refractivity contribution in [3.8, 4) is 33.6 Å². The van der Waals surface area contributed by atoms with Crippen LogP contribution in [0.3, 0.4) is 0 Å². The number of aromatic amines is 2. The Morgan fingerprint density at radius 1 is 0.587 bits per heavy atom. The van der Waals surface area contributed by atoms with Crippen molar-refractivity contribution in [1.82, 2.24) is 29.7 Å². The predicted molar refractivity (Wildman–Crippen MR) is 172 cm³/mol. The van der Waals surface area contributed by atoms with Crippen LogP contribution in [0.15, 0.2) is 60.9 Å². The van der Waals surface area contributed by atoms with E-state index in [2.05, 4.69) is 68.5 Å². The maximum absolute atomic E-state index is 13.1. The van der Waals surface area contributed by atoms with Crippen LogP contribution >= 0.6 is 0 Å². The van der Waals surface area contributed by atoms with Gasteiger partial charge in [-0.05, 0) is 73.6 Å². The standard InChI is InChI=1S/C36H40N6O4/c43-35(31-7-3-19-45-31)41-17-1-5-29(41)33-37-21-27(39-33)25-13-9-23(10-14-25)24-11-15-26(16-12-24)28-22-38-34(40-28)30-6-2-18-42(30)36(44)32-8-4-20-46-32/h9-16,21-22,29-32H,1-8,17-20H2,(H,37,39)(H,38,40)/t29-,30-,31+,32+/m0/s1. The van der Waals surface area contributed by atoms with Gasteiger partial charge in [0.25, 0.3) is 11.8 Å². The van der Waals surface area contributed by atoms with E-state index in [0.29, 0.717) is 13.2 Å². The summed E-state index contributed by atoms with van der Waals surface area (Å²) in [5, 5.41) is 0. The largest absolute Gasteiger partial charge is 0.368 e. The van der Waals surface area contributed by atoms with E-state index in [-0.39, 0.29) is 36.1 Å². The number of ether oxygens (including phenoxy) is 2. The van der Waals surface area contributed by atoms with Crippen molar-refractivity contribution < 1.29 is 19.1 Å². The molecule has 4 atom stereocenters. The van der Waals surface area contributed by atoms with E-state index in [0.717, 1.165) is 110 Å². The van der Waals surface area contributed by atoms with Gasteiger partial charge in [-0.15, -0.1) is 0 Å². The van der Waals surface area contributed by atoms with E-state index < -0.39 is 0 Å². The summed E-state index contributed by atoms with van der Waals surface area (Å²) in [5.41, 5.74) is 6.25. The van der Waals surface area contributed by atoms with Crippen molar-refractivity contribution >= 4 is 11.8 Å². The number of nitrogens with zero attached hydrogens (tertiary/aromatic N) is 4. The molecular formula is C36H40N6O4. The highest BCUT2D eigenvalue weighted by Gasteiger charge is 2.38. The molecule has 2 aromatic heterocycles. The van der Waals surface area contributed by atoms with Crippen LogP contribution < -0.4 is 0 Å². The number of nitrogens with one attached hydrogen (secondary N) is 2. The molecule has 10 nitrogen and oxygen atoms in total. The minimum Gasteiger partial charge on any atom is -0.368 e. The molecule has 0 radical (unpaired) electrons. The van der Waals surface area contributed by atoms with Gasteiger partial charge in [0.2, 0.25) is 0 Å². The zero-order chi connectivity index (χ0) is 31.0. The number of likely N-dealkylation sites (tertiary alicyclic amines) is 2. The van der Waals surface area contributed by atoms with Gasteiger partial charge in [0.15, 0.2) is 0 Å². The highest BCUT2D eigenvalue weighted by molar-refractivity contribution is 5.82. The van der Waals surface area contributed by atoms with Crippen LogP contribution in [0.25, 0.3) is 33.6 Å². The van der Waals surface area contributed by atoms with Crippen LogP contribution in [0.1, 0.15) is 75.1 Å². The number of aromatic nitrogens is 4. The van der Waals surface area contributed by atoms with Gasteiger partial charge >= 0.3 is 0 Å². The van der Waals surface area contributed by atoms with Gasteiger partial charge < -0.3 is 29.2 Å². The van der Waals surface area contributed by atoms with Gasteiger partial charge in [-0.1, -0.05) is 48.5 Å². The van der Waals surface area contributed by atoms with E-state index in [4.69, 9.17) is 9.47 Å². The molecular weight excluding hydrogens is 580 g/mol. The minimum absolute atomic E-state index is 0.0275. The fraction of sp³-hybridized carbons (Fsp3) is 0.444. The average molecular weight is 621 g/mol. The summed E-state index contributed by atoms with van der Waals surface area (Å²) >= 11 is 0. The monoisotopic (exact) mass is 620 g/mol. The lowest BCUT2D eigenvalue weighted by molar-refractivity contribution is -0.142. The third kappa shape index (κ3) is 5.54. The molecule has 46 heavy (non-hydrogen) atoms. The van der Waals surface area contributed by atoms with Crippen LogP contribution in [0, 0.1) is 0 Å². The molecule has 2 aromatic carbocycles. The molecule has 6 heterocycles. The number of benzene rings is 2. The molecule has 238 valence electrons. The van der Waals surface area contributed by atoms with Crippen LogP contribution in [0.5, 0.6) is 0 Å². The second kappa shape index (κ2) is 12.5. The first-order valence-corrected chi connectivity index (χ1v) is 16.8. The van der Waals surface area contributed by atoms with Crippen LogP contribution in [0.4, 0.5) is 0 Å². The van der Waals surface area contributed by atoms with Crippen molar-refractivity contribution in [2.45, 2.75) is 75.7 Å². The fourth-order valence-electron chi connectivity index (χ4n) is 7.53. The minimum atomic E-state index is -0.301. The molecule has 10 heteroatoms. The number of hydrogen-bond acceptors (Lipinski definition) is 6. The Bertz CT molecular complexity index is 1560. The van der Waals surface area contributed by atoms with Crippen molar-refractivity contribution in [2.75, 3.05) is 26.3 Å². The summed E-state index contributed by atoms with van der Waals surface area (Å²) in [7, 11) is 0. The van der Waals surface area contributed by atoms with E-state index in [1.165, 1.54) is 0 Å². The first kappa shape index (κ1) is 29.1. The highest BCUT2D eigenvalue weighted by Crippen LogP contribution is 2.35. The summed E-state index contributed by atoms with van der Waals surface area (Å²) < 4.78 is 11.3. The lowest BCUT2D eigenvalue weighted by Gasteiger charge is -2.25. The van der Waals surface area contributed by atoms with Crippen molar-refractivity contribution in [3.63, 3.8) is 0 Å². The molecule has 2 N–H and O–H groups in total. The third-order valence-electron chi connectivity index (χ3n) is 10.0. The fourth-order valence-corrected chi connectivity index (χ4v) is 7.53. The van der Waals surface area contributed by atoms with Gasteiger partial charge in [-0.25, -0.2) is 9.97 Å². The normalized spacial score (nSPS) is 24.7. The molecule has 0 aliphatic carbocycles. The number of carbonyl (C=O) groups excluding carboxylic acids is 2. The Balaban J connectivity index is 0.927. The van der Waals surface area contributed by atoms with Crippen molar-refractivity contribution in [1.29, 1.82) is 0 Å². The lowest BCUT2D eigenvalue weighted by atomic mass is 10.0. The highest BCUT2D eigenvalue weighted by atomic mass is 16.5. The SMILES string of the molecule is O=C([C@H]1CCCO1)N1CCC[C@H]1c1ncc(-c2ccc(-c3ccc(-c4cnc([C@@H]5CCCN5C(=O)[C@H]5CCCO5)[nH]4)cc3)cc2)[nH]1. The molecule has 8 rings (SSSR count). The summed E-state index contributed by atoms with van der Waals surface area (Å²) in [6.07, 6.45) is 10.4. The first-order valence-electron chi connectivity index (χ1n) is 16.8. The van der Waals surface area contributed by atoms with Crippen molar-refractivity contribution in [2.24, 2.45) is 0 Å². The van der Waals surface area contributed by atoms with E-state index in [9.17, 15) is 9.59 Å². The molecule has 4 aliphatic rings. The molecule has 4 fully saturated rings. The summed E-state index contributed by atoms with van der Waals surface area (Å²) in [4.78, 5) is 46.4. The van der Waals surface area contributed by atoms with E-state index >= 15 is 0 Å². The topological polar surface area (TPSA) is 116 Å². The molecule has 4 saturated heterocycles. The number of amides is 2. The first-order chi connectivity index (χ1) is 22.6. The predicted octanol–water partition coefficient (Wildman–Crippen LogP) is 5.82. The van der Waals surface area contributed by atoms with Crippen LogP contribution in [0.2, 0.25) is 0 Å². The van der Waals surface area contributed by atoms with Gasteiger partial charge in [0.05, 0.1) is 35.9 Å². The third-order valence-corrected chi connectivity index (χ3v) is 10.0. The number of H-pyrrole nitrogens is 2. The van der Waals surface area contributed by atoms with E-state index in [1.807, 2.05) is 22.2 Å². The van der Waals surface area contributed by atoms with Gasteiger partial charge in [-0.3, -0.25) is 9.59 Å². The maximum Gasteiger partial charge on any atom is 0.252 e. The molecule has 2 amide bonds. The quantitative estimate of drug-likeness (QED) is 0.269. The Kier molecular flexibility index (Phi) is 7.91. The molecule has 0 unspecified atom stereocenters. The van der Waals surface area contributed by atoms with Crippen molar-refractivity contribution in [3.05, 3.63) is 72.6 Å². The Labute approximate surface area is 268 Å². The molecule has 0 saturated carbocycles. The van der Waals surface area contributed by atoms with Gasteiger partial charge in [0.1, 0.15) is 23.9 Å². The molecule has 4 aliphatic heterocycles. The average Bonchev–Trinajstić information content (AvgIpc) is 3.95. The second-order valence-electron chi connectivity index (χ2n) is 12.9. The lowest BCUT2D eigenvalue weighted by Crippen LogP contribution is -2.38. The van der Waals surface area contributed by atoms with E-state index in [1.54, 1.807) is 0 Å². The van der Waals surface area contributed by atoms with Crippen LogP contribution in [-0.2, 0) is 19.1 Å². The summed E-state index contributed by atoms with van der Waals surface area (Å²) in [6, 6.07) is 16.9. The zero-order valence-electron chi connectivity index (χ0n) is 26.0. The summed E-state index contributed by atoms with van der Waals surface area (Å²) in [6.45, 7) is 2.85. The molecule has 0 spiro atoms. The number of imidazole rings is 2. The smallest absolute Gasteiger partial charge is 0.252 e.